The van der Waals surface area contributed by atoms with Gasteiger partial charge in [0, 0.05) is 0 Å². The van der Waals surface area contributed by atoms with Crippen LogP contribution in [0.15, 0.2) is 176 Å². The number of fused-ring (bicyclic) bond motifs is 9. The molecule has 0 aromatic heterocycles. The van der Waals surface area contributed by atoms with Gasteiger partial charge in [-0.1, -0.05) is 166 Å². The normalized spacial score (nSPS) is 12.8. The first-order valence-electron chi connectivity index (χ1n) is 22.8. The van der Waals surface area contributed by atoms with E-state index in [0.717, 1.165) is 0 Å². The van der Waals surface area contributed by atoms with Crippen LogP contribution in [-0.2, 0) is 5.41 Å². The fraction of sp³-hybridized carbons (Fsp3) is 0.0938. The van der Waals surface area contributed by atoms with E-state index in [0.29, 0.717) is 0 Å². The van der Waals surface area contributed by atoms with Gasteiger partial charge in [-0.05, 0) is 207 Å². The highest BCUT2D eigenvalue weighted by atomic mass is 14.3. The minimum Gasteiger partial charge on any atom is -0.0622 e. The number of hydrogen-bond donors (Lipinski definition) is 0. The van der Waals surface area contributed by atoms with Gasteiger partial charge in [0.05, 0.1) is 0 Å². The Bertz CT molecular complexity index is 4240. The minimum atomic E-state index is 0.0225. The van der Waals surface area contributed by atoms with Gasteiger partial charge in [-0.15, -0.1) is 0 Å². The van der Waals surface area contributed by atoms with Gasteiger partial charge in [-0.25, -0.2) is 0 Å². The molecular formula is C64H44. The van der Waals surface area contributed by atoms with Crippen molar-refractivity contribution in [2.75, 3.05) is 0 Å². The summed E-state index contributed by atoms with van der Waals surface area (Å²) in [6.45, 7) is 11.5. The Balaban J connectivity index is 1.20. The molecule has 0 heterocycles. The molecule has 0 nitrogen and oxygen atoms in total. The Hall–Kier alpha value is -7.54. The smallest absolute Gasteiger partial charge is 0.000719 e. The van der Waals surface area contributed by atoms with E-state index >= 15 is 0 Å². The molecule has 0 unspecified atom stereocenters. The van der Waals surface area contributed by atoms with E-state index in [2.05, 4.69) is 211 Å². The number of hydrogen-bond acceptors (Lipinski definition) is 0. The summed E-state index contributed by atoms with van der Waals surface area (Å²) in [5, 5.41) is 26.6. The lowest BCUT2D eigenvalue weighted by atomic mass is 9.83. The highest BCUT2D eigenvalue weighted by Crippen LogP contribution is 2.55. The van der Waals surface area contributed by atoms with Crippen LogP contribution in [0.1, 0.15) is 37.5 Å². The third-order valence-corrected chi connectivity index (χ3v) is 15.0. The molecule has 0 amide bonds. The molecule has 0 fully saturated rings. The summed E-state index contributed by atoms with van der Waals surface area (Å²) >= 11 is 0. The van der Waals surface area contributed by atoms with Crippen LogP contribution in [-0.4, -0.2) is 0 Å². The van der Waals surface area contributed by atoms with Crippen LogP contribution in [0.4, 0.5) is 0 Å². The van der Waals surface area contributed by atoms with Gasteiger partial charge in [0.25, 0.3) is 0 Å². The summed E-state index contributed by atoms with van der Waals surface area (Å²) < 4.78 is 0. The van der Waals surface area contributed by atoms with Crippen molar-refractivity contribution in [1.82, 2.24) is 0 Å². The van der Waals surface area contributed by atoms with Crippen molar-refractivity contribution >= 4 is 108 Å². The molecule has 64 heavy (non-hydrogen) atoms. The molecule has 300 valence electrons. The van der Waals surface area contributed by atoms with Gasteiger partial charge < -0.3 is 0 Å². The molecule has 0 aliphatic carbocycles. The van der Waals surface area contributed by atoms with E-state index < -0.39 is 0 Å². The van der Waals surface area contributed by atoms with E-state index in [1.165, 1.54) is 158 Å². The van der Waals surface area contributed by atoms with Crippen LogP contribution in [0.25, 0.3) is 141 Å². The van der Waals surface area contributed by atoms with Crippen LogP contribution in [0, 0.1) is 13.8 Å². The third-order valence-electron chi connectivity index (χ3n) is 15.0. The Morgan fingerprint density at radius 1 is 0.266 bits per heavy atom. The quantitative estimate of drug-likeness (QED) is 0.156. The Labute approximate surface area is 372 Å². The first kappa shape index (κ1) is 36.0. The second-order valence-corrected chi connectivity index (χ2v) is 19.7. The maximum Gasteiger partial charge on any atom is -0.000719 e. The molecule has 0 bridgehead atoms. The molecule has 14 aromatic rings. The zero-order valence-electron chi connectivity index (χ0n) is 36.7. The maximum absolute atomic E-state index is 2.57. The fourth-order valence-electron chi connectivity index (χ4n) is 12.2. The van der Waals surface area contributed by atoms with Crippen molar-refractivity contribution in [1.29, 1.82) is 0 Å². The zero-order chi connectivity index (χ0) is 42.7. The molecule has 14 aromatic carbocycles. The summed E-state index contributed by atoms with van der Waals surface area (Å²) in [5.41, 5.74) is 11.8. The molecule has 0 N–H and O–H groups in total. The van der Waals surface area contributed by atoms with E-state index in [1.807, 2.05) is 0 Å². The van der Waals surface area contributed by atoms with E-state index in [4.69, 9.17) is 0 Å². The lowest BCUT2D eigenvalue weighted by Gasteiger charge is -2.21. The summed E-state index contributed by atoms with van der Waals surface area (Å²) in [6, 6.07) is 67.8. The van der Waals surface area contributed by atoms with Crippen LogP contribution in [0.5, 0.6) is 0 Å². The lowest BCUT2D eigenvalue weighted by molar-refractivity contribution is 0.591. The average molecular weight is 813 g/mol. The van der Waals surface area contributed by atoms with E-state index in [-0.39, 0.29) is 5.41 Å². The Morgan fingerprint density at radius 3 is 1.52 bits per heavy atom. The summed E-state index contributed by atoms with van der Waals surface area (Å²) in [5.74, 6) is 0. The van der Waals surface area contributed by atoms with Gasteiger partial charge in [0.2, 0.25) is 0 Å². The van der Waals surface area contributed by atoms with Gasteiger partial charge in [-0.3, -0.25) is 0 Å². The molecule has 0 saturated heterocycles. The van der Waals surface area contributed by atoms with Crippen LogP contribution in [0.2, 0.25) is 0 Å². The first-order valence-corrected chi connectivity index (χ1v) is 22.8. The summed E-state index contributed by atoms with van der Waals surface area (Å²) in [6.07, 6.45) is 0. The highest BCUT2D eigenvalue weighted by Gasteiger charge is 2.27. The molecule has 0 spiro atoms. The molecule has 0 radical (unpaired) electrons. The second-order valence-electron chi connectivity index (χ2n) is 19.7. The number of benzene rings is 12. The lowest BCUT2D eigenvalue weighted by Crippen LogP contribution is -2.10. The molecule has 0 aliphatic heterocycles. The molecule has 0 aliphatic rings. The van der Waals surface area contributed by atoms with E-state index in [1.54, 1.807) is 0 Å². The zero-order valence-corrected chi connectivity index (χ0v) is 36.7. The van der Waals surface area contributed by atoms with Gasteiger partial charge in [0.1, 0.15) is 0 Å². The standard InChI is InChI=1S/C64H44/c1-35-14-12-15-36(2)55(35)40-25-26-45-42(28-40)31-51-50-34-53-52(33-49(50)47-21-13-20-46(45)60(47)51)58(38-18-10-7-11-19-38)63-54-32-43-30-44(64(3,4)5)29-41-23-22-39-24-27-48(61(54)59(39)56(41)43)62(63)57(53)37-16-8-6-9-17-37/h6-34H,1-5H3. The predicted octanol–water partition coefficient (Wildman–Crippen LogP) is 18.4. The van der Waals surface area contributed by atoms with Crippen LogP contribution < -0.4 is 0 Å². The highest BCUT2D eigenvalue weighted by molar-refractivity contribution is 6.46. The van der Waals surface area contributed by atoms with Crippen molar-refractivity contribution in [3.05, 3.63) is 193 Å². The Morgan fingerprint density at radius 2 is 0.828 bits per heavy atom. The fourth-order valence-corrected chi connectivity index (χ4v) is 12.2. The summed E-state index contributed by atoms with van der Waals surface area (Å²) in [7, 11) is 0. The van der Waals surface area contributed by atoms with E-state index in [9.17, 15) is 0 Å². The molecule has 14 rings (SSSR count). The average Bonchev–Trinajstić information content (AvgIpc) is 3.80. The van der Waals surface area contributed by atoms with Gasteiger partial charge in [-0.2, -0.15) is 0 Å². The topological polar surface area (TPSA) is 0 Å². The Kier molecular flexibility index (Phi) is 7.06. The minimum absolute atomic E-state index is 0.0225. The molecule has 0 atom stereocenters. The second kappa shape index (κ2) is 12.6. The number of rotatable bonds is 3. The van der Waals surface area contributed by atoms with Crippen LogP contribution in [0.3, 0.4) is 0 Å². The summed E-state index contributed by atoms with van der Waals surface area (Å²) in [4.78, 5) is 0. The van der Waals surface area contributed by atoms with Crippen molar-refractivity contribution in [2.24, 2.45) is 0 Å². The van der Waals surface area contributed by atoms with Crippen LogP contribution >= 0.6 is 0 Å². The van der Waals surface area contributed by atoms with Gasteiger partial charge >= 0.3 is 0 Å². The van der Waals surface area contributed by atoms with Crippen molar-refractivity contribution in [3.8, 4) is 33.4 Å². The molecule has 0 heteroatoms. The SMILES string of the molecule is Cc1cccc(C)c1-c1ccc2c(c1)cc1c3cc4c(-c5ccccc5)c5c6ccc7ccc8cc(C(C)(C)C)cc9cc(c5c(-c5ccccc5)c4cc3c3cccc2c31)c6c7c89. The predicted molar refractivity (Wildman–Crippen MR) is 280 cm³/mol. The van der Waals surface area contributed by atoms with Crippen molar-refractivity contribution < 1.29 is 0 Å². The largest absolute Gasteiger partial charge is 0.0622 e. The maximum atomic E-state index is 2.57. The first-order chi connectivity index (χ1) is 31.2. The van der Waals surface area contributed by atoms with Gasteiger partial charge in [0.15, 0.2) is 0 Å². The monoisotopic (exact) mass is 812 g/mol. The molecular weight excluding hydrogens is 769 g/mol. The van der Waals surface area contributed by atoms with Crippen molar-refractivity contribution in [3.63, 3.8) is 0 Å². The molecule has 0 saturated carbocycles. The number of aryl methyl sites for hydroxylation is 2. The van der Waals surface area contributed by atoms with Crippen molar-refractivity contribution in [2.45, 2.75) is 40.0 Å². The third kappa shape index (κ3) is 4.73.